The number of ether oxygens (including phenoxy) is 2. The van der Waals surface area contributed by atoms with Crippen molar-refractivity contribution in [2.24, 2.45) is 0 Å². The molecule has 290 valence electrons. The molecule has 0 radical (unpaired) electrons. The maximum atomic E-state index is 12.3. The highest BCUT2D eigenvalue weighted by Gasteiger charge is 2.14. The number of nitrogens with one attached hydrogen (secondary N) is 1. The molecule has 0 amide bonds. The Labute approximate surface area is 307 Å². The van der Waals surface area contributed by atoms with Crippen molar-refractivity contribution in [3.63, 3.8) is 0 Å². The predicted octanol–water partition coefficient (Wildman–Crippen LogP) is 11.8. The smallest absolute Gasteiger partial charge is 0.305 e. The number of hydrogen-bond acceptors (Lipinski definition) is 6. The van der Waals surface area contributed by atoms with E-state index >= 15 is 0 Å². The summed E-state index contributed by atoms with van der Waals surface area (Å²) in [4.78, 5) is 32.9. The molecule has 0 aliphatic heterocycles. The number of hydrogen-bond donors (Lipinski definition) is 2. The molecule has 7 nitrogen and oxygen atoms in total. The summed E-state index contributed by atoms with van der Waals surface area (Å²) in [6, 6.07) is -0.156. The molecular formula is C43H77NO6. The SMILES string of the molecule is CCCCC/C=C\C/C=C\CCCCCCCC(=O)OCC(COC(=O)CCCCCCC/C=C\C/C=C\CCCCC)NCCC.O=CO. The normalized spacial score (nSPS) is 11.6. The van der Waals surface area contributed by atoms with Gasteiger partial charge in [-0.05, 0) is 90.0 Å². The Balaban J connectivity index is 0. The Morgan fingerprint density at radius 3 is 1.22 bits per heavy atom. The predicted molar refractivity (Wildman–Crippen MR) is 211 cm³/mol. The van der Waals surface area contributed by atoms with Crippen molar-refractivity contribution >= 4 is 18.4 Å². The van der Waals surface area contributed by atoms with Crippen LogP contribution in [-0.4, -0.2) is 49.3 Å². The first-order chi connectivity index (χ1) is 24.5. The van der Waals surface area contributed by atoms with Crippen LogP contribution in [0.2, 0.25) is 0 Å². The molecule has 0 aliphatic rings. The summed E-state index contributed by atoms with van der Waals surface area (Å²) < 4.78 is 11.1. The second-order valence-corrected chi connectivity index (χ2v) is 13.1. The number of unbranched alkanes of at least 4 members (excludes halogenated alkanes) is 16. The zero-order valence-electron chi connectivity index (χ0n) is 32.6. The molecule has 0 saturated heterocycles. The van der Waals surface area contributed by atoms with E-state index in [1.807, 2.05) is 0 Å². The largest absolute Gasteiger partial charge is 0.483 e. The average molecular weight is 704 g/mol. The molecule has 0 aliphatic carbocycles. The van der Waals surface area contributed by atoms with Crippen molar-refractivity contribution in [3.05, 3.63) is 48.6 Å². The Hall–Kier alpha value is -2.67. The Bertz CT molecular complexity index is 788. The molecule has 0 aromatic carbocycles. The molecule has 0 unspecified atom stereocenters. The molecule has 50 heavy (non-hydrogen) atoms. The summed E-state index contributed by atoms with van der Waals surface area (Å²) in [6.07, 6.45) is 45.8. The van der Waals surface area contributed by atoms with Gasteiger partial charge in [0.05, 0.1) is 6.04 Å². The van der Waals surface area contributed by atoms with E-state index in [0.717, 1.165) is 77.2 Å². The standard InChI is InChI=1S/C42H75NO4.CH2O2/c1-4-7-9-11-13-15-17-19-21-23-25-27-29-31-33-35-41(44)46-38-40(43-37-6-3)39-47-42(45)36-34-32-30-28-26-24-22-20-18-16-14-12-10-8-5-2;2-1-3/h13-16,19-22,40,43H,4-12,17-18,23-39H2,1-3H3;1H,(H,2,3)/b15-13-,16-14-,21-19-,22-20-;. The zero-order valence-corrected chi connectivity index (χ0v) is 32.6. The van der Waals surface area contributed by atoms with Crippen LogP contribution in [0.4, 0.5) is 0 Å². The van der Waals surface area contributed by atoms with E-state index < -0.39 is 0 Å². The molecule has 0 bridgehead atoms. The van der Waals surface area contributed by atoms with E-state index in [9.17, 15) is 9.59 Å². The van der Waals surface area contributed by atoms with Gasteiger partial charge in [-0.2, -0.15) is 0 Å². The summed E-state index contributed by atoms with van der Waals surface area (Å²) in [5.74, 6) is -0.314. The molecular weight excluding hydrogens is 626 g/mol. The quantitative estimate of drug-likeness (QED) is 0.0293. The first-order valence-electron chi connectivity index (χ1n) is 20.3. The Morgan fingerprint density at radius 1 is 0.520 bits per heavy atom. The summed E-state index contributed by atoms with van der Waals surface area (Å²) in [5, 5.41) is 10.2. The van der Waals surface area contributed by atoms with E-state index in [1.165, 1.54) is 77.0 Å². The first-order valence-corrected chi connectivity index (χ1v) is 20.3. The molecule has 0 heterocycles. The molecule has 0 aromatic heterocycles. The number of rotatable bonds is 35. The Kier molecular flexibility index (Phi) is 43.9. The van der Waals surface area contributed by atoms with Gasteiger partial charge in [0.1, 0.15) is 13.2 Å². The van der Waals surface area contributed by atoms with Gasteiger partial charge in [0.2, 0.25) is 0 Å². The summed E-state index contributed by atoms with van der Waals surface area (Å²) in [6.45, 7) is 7.62. The molecule has 2 N–H and O–H groups in total. The highest BCUT2D eigenvalue weighted by atomic mass is 16.5. The van der Waals surface area contributed by atoms with E-state index in [1.54, 1.807) is 0 Å². The molecule has 0 rings (SSSR count). The van der Waals surface area contributed by atoms with Crippen LogP contribution in [0.15, 0.2) is 48.6 Å². The van der Waals surface area contributed by atoms with Gasteiger partial charge in [-0.1, -0.05) is 134 Å². The van der Waals surface area contributed by atoms with Crippen LogP contribution in [0.3, 0.4) is 0 Å². The van der Waals surface area contributed by atoms with E-state index in [2.05, 4.69) is 74.7 Å². The minimum absolute atomic E-state index is 0.156. The minimum atomic E-state index is -0.250. The summed E-state index contributed by atoms with van der Waals surface area (Å²) >= 11 is 0. The van der Waals surface area contributed by atoms with Gasteiger partial charge >= 0.3 is 11.9 Å². The fourth-order valence-electron chi connectivity index (χ4n) is 5.21. The van der Waals surface area contributed by atoms with Gasteiger partial charge < -0.3 is 19.9 Å². The van der Waals surface area contributed by atoms with Crippen molar-refractivity contribution in [2.75, 3.05) is 19.8 Å². The highest BCUT2D eigenvalue weighted by Crippen LogP contribution is 2.11. The van der Waals surface area contributed by atoms with Crippen LogP contribution in [0.1, 0.15) is 181 Å². The van der Waals surface area contributed by atoms with Crippen LogP contribution >= 0.6 is 0 Å². The molecule has 0 fully saturated rings. The lowest BCUT2D eigenvalue weighted by atomic mass is 10.1. The third-order valence-corrected chi connectivity index (χ3v) is 8.24. The lowest BCUT2D eigenvalue weighted by molar-refractivity contribution is -0.147. The summed E-state index contributed by atoms with van der Waals surface area (Å²) in [7, 11) is 0. The average Bonchev–Trinajstić information content (AvgIpc) is 3.11. The van der Waals surface area contributed by atoms with Crippen LogP contribution in [-0.2, 0) is 23.9 Å². The number of carboxylic acid groups (broad SMARTS) is 1. The molecule has 0 saturated carbocycles. The maximum absolute atomic E-state index is 12.3. The zero-order chi connectivity index (χ0) is 37.0. The van der Waals surface area contributed by atoms with Gasteiger partial charge in [-0.15, -0.1) is 0 Å². The van der Waals surface area contributed by atoms with Gasteiger partial charge in [-0.3, -0.25) is 14.4 Å². The van der Waals surface area contributed by atoms with Crippen molar-refractivity contribution in [2.45, 2.75) is 187 Å². The highest BCUT2D eigenvalue weighted by molar-refractivity contribution is 5.69. The van der Waals surface area contributed by atoms with Gasteiger partial charge in [0.25, 0.3) is 6.47 Å². The van der Waals surface area contributed by atoms with Gasteiger partial charge in [-0.25, -0.2) is 0 Å². The number of carbonyl (C=O) groups excluding carboxylic acids is 2. The van der Waals surface area contributed by atoms with E-state index in [0.29, 0.717) is 12.8 Å². The molecule has 7 heteroatoms. The van der Waals surface area contributed by atoms with Crippen molar-refractivity contribution < 1.29 is 29.0 Å². The van der Waals surface area contributed by atoms with Crippen LogP contribution in [0.25, 0.3) is 0 Å². The van der Waals surface area contributed by atoms with Crippen LogP contribution in [0, 0.1) is 0 Å². The van der Waals surface area contributed by atoms with Crippen molar-refractivity contribution in [1.82, 2.24) is 5.32 Å². The third-order valence-electron chi connectivity index (χ3n) is 8.24. The Morgan fingerprint density at radius 2 is 0.860 bits per heavy atom. The van der Waals surface area contributed by atoms with E-state index in [-0.39, 0.29) is 37.7 Å². The molecule has 0 atom stereocenters. The number of esters is 2. The molecule has 0 spiro atoms. The monoisotopic (exact) mass is 704 g/mol. The van der Waals surface area contributed by atoms with Crippen molar-refractivity contribution in [3.8, 4) is 0 Å². The maximum Gasteiger partial charge on any atom is 0.305 e. The second-order valence-electron chi connectivity index (χ2n) is 13.1. The number of allylic oxidation sites excluding steroid dienone is 8. The fourth-order valence-corrected chi connectivity index (χ4v) is 5.21. The third kappa shape index (κ3) is 43.4. The minimum Gasteiger partial charge on any atom is -0.483 e. The first kappa shape index (κ1) is 49.4. The lowest BCUT2D eigenvalue weighted by Crippen LogP contribution is -2.39. The van der Waals surface area contributed by atoms with Crippen LogP contribution < -0.4 is 5.32 Å². The number of carbonyl (C=O) groups is 3. The van der Waals surface area contributed by atoms with Gasteiger partial charge in [0.15, 0.2) is 0 Å². The fraction of sp³-hybridized carbons (Fsp3) is 0.744. The van der Waals surface area contributed by atoms with Gasteiger partial charge in [0, 0.05) is 12.8 Å². The van der Waals surface area contributed by atoms with Crippen molar-refractivity contribution in [1.29, 1.82) is 0 Å². The summed E-state index contributed by atoms with van der Waals surface area (Å²) in [5.41, 5.74) is 0. The lowest BCUT2D eigenvalue weighted by Gasteiger charge is -2.18. The van der Waals surface area contributed by atoms with E-state index in [4.69, 9.17) is 19.4 Å². The second kappa shape index (κ2) is 44.4. The van der Waals surface area contributed by atoms with Crippen LogP contribution in [0.5, 0.6) is 0 Å². The molecule has 0 aromatic rings. The topological polar surface area (TPSA) is 102 Å².